The zero-order valence-electron chi connectivity index (χ0n) is 42.1. The second-order valence-corrected chi connectivity index (χ2v) is 19.0. The molecule has 2 aliphatic heterocycles. The zero-order valence-corrected chi connectivity index (χ0v) is 42.1. The Hall–Kier alpha value is -2.05. The van der Waals surface area contributed by atoms with Crippen molar-refractivity contribution in [3.63, 3.8) is 0 Å². The Balaban J connectivity index is 1.60. The number of amides is 1. The summed E-state index contributed by atoms with van der Waals surface area (Å²) in [6.07, 6.45) is 32.3. The van der Waals surface area contributed by atoms with Crippen LogP contribution in [-0.4, -0.2) is 140 Å². The molecule has 68 heavy (non-hydrogen) atoms. The van der Waals surface area contributed by atoms with Gasteiger partial charge in [-0.05, 0) is 57.8 Å². The molecule has 0 spiro atoms. The van der Waals surface area contributed by atoms with E-state index in [9.17, 15) is 45.6 Å². The molecule has 2 heterocycles. The van der Waals surface area contributed by atoms with Gasteiger partial charge in [-0.1, -0.05) is 178 Å². The molecule has 0 saturated carbocycles. The van der Waals surface area contributed by atoms with Gasteiger partial charge in [-0.25, -0.2) is 0 Å². The van der Waals surface area contributed by atoms with E-state index in [-0.39, 0.29) is 18.9 Å². The second-order valence-electron chi connectivity index (χ2n) is 19.0. The third-order valence-electron chi connectivity index (χ3n) is 13.0. The van der Waals surface area contributed by atoms with Gasteiger partial charge < -0.3 is 65.1 Å². The van der Waals surface area contributed by atoms with E-state index in [0.717, 1.165) is 57.8 Å². The molecule has 0 aliphatic carbocycles. The van der Waals surface area contributed by atoms with Crippen molar-refractivity contribution < 1.29 is 64.6 Å². The van der Waals surface area contributed by atoms with Crippen molar-refractivity contribution in [1.29, 1.82) is 0 Å². The Kier molecular flexibility index (Phi) is 37.0. The SMILES string of the molecule is CCCCC/C=C/C(O)C(COC1OC(CO)C(OC2OC(CO)C(O)C(O)C2O)C(O)C1O)NC(=O)CCCCCCCCCCCCCCCC/C=C\C/C=C\C/C=C\CCCCCCC. The Morgan fingerprint density at radius 2 is 0.971 bits per heavy atom. The van der Waals surface area contributed by atoms with Crippen molar-refractivity contribution >= 4 is 5.91 Å². The van der Waals surface area contributed by atoms with Crippen LogP contribution >= 0.6 is 0 Å². The van der Waals surface area contributed by atoms with E-state index in [1.54, 1.807) is 6.08 Å². The molecule has 14 heteroatoms. The molecule has 14 nitrogen and oxygen atoms in total. The largest absolute Gasteiger partial charge is 0.394 e. The normalized spacial score (nSPS) is 26.7. The third-order valence-corrected chi connectivity index (χ3v) is 13.0. The van der Waals surface area contributed by atoms with Crippen molar-refractivity contribution in [3.05, 3.63) is 48.6 Å². The van der Waals surface area contributed by atoms with Gasteiger partial charge in [0.25, 0.3) is 0 Å². The summed E-state index contributed by atoms with van der Waals surface area (Å²) in [7, 11) is 0. The summed E-state index contributed by atoms with van der Waals surface area (Å²) >= 11 is 0. The minimum absolute atomic E-state index is 0.249. The summed E-state index contributed by atoms with van der Waals surface area (Å²) in [5.41, 5.74) is 0. The molecular formula is C54H97NO13. The number of aliphatic hydroxyl groups is 8. The number of nitrogens with one attached hydrogen (secondary N) is 1. The fourth-order valence-electron chi connectivity index (χ4n) is 8.59. The quantitative estimate of drug-likeness (QED) is 0.0212. The lowest BCUT2D eigenvalue weighted by Crippen LogP contribution is -2.65. The molecule has 2 rings (SSSR count). The number of hydrogen-bond acceptors (Lipinski definition) is 13. The molecule has 1 amide bonds. The Bertz CT molecular complexity index is 1330. The van der Waals surface area contributed by atoms with Crippen LogP contribution in [0.3, 0.4) is 0 Å². The number of allylic oxidation sites excluding steroid dienone is 7. The van der Waals surface area contributed by atoms with Gasteiger partial charge in [0.1, 0.15) is 48.8 Å². The molecule has 396 valence electrons. The molecule has 9 N–H and O–H groups in total. The highest BCUT2D eigenvalue weighted by molar-refractivity contribution is 5.76. The molecule has 2 fully saturated rings. The minimum atomic E-state index is -1.79. The fraction of sp³-hybridized carbons (Fsp3) is 0.833. The average molecular weight is 968 g/mol. The van der Waals surface area contributed by atoms with Crippen LogP contribution in [0.25, 0.3) is 0 Å². The number of rotatable bonds is 41. The number of hydrogen-bond donors (Lipinski definition) is 9. The zero-order chi connectivity index (χ0) is 49.6. The van der Waals surface area contributed by atoms with E-state index in [1.165, 1.54) is 109 Å². The molecule has 12 atom stereocenters. The summed E-state index contributed by atoms with van der Waals surface area (Å²) < 4.78 is 22.6. The summed E-state index contributed by atoms with van der Waals surface area (Å²) in [6.45, 7) is 2.64. The molecule has 12 unspecified atom stereocenters. The van der Waals surface area contributed by atoms with Gasteiger partial charge in [0.15, 0.2) is 12.6 Å². The molecule has 0 radical (unpaired) electrons. The first kappa shape index (κ1) is 62.1. The van der Waals surface area contributed by atoms with Crippen molar-refractivity contribution in [1.82, 2.24) is 5.32 Å². The average Bonchev–Trinajstić information content (AvgIpc) is 3.34. The predicted molar refractivity (Wildman–Crippen MR) is 267 cm³/mol. The molecule has 2 saturated heterocycles. The van der Waals surface area contributed by atoms with Gasteiger partial charge >= 0.3 is 0 Å². The lowest BCUT2D eigenvalue weighted by atomic mass is 9.97. The number of aliphatic hydroxyl groups excluding tert-OH is 8. The van der Waals surface area contributed by atoms with Crippen molar-refractivity contribution in [2.24, 2.45) is 0 Å². The number of carbonyl (C=O) groups excluding carboxylic acids is 1. The highest BCUT2D eigenvalue weighted by Crippen LogP contribution is 2.30. The van der Waals surface area contributed by atoms with E-state index < -0.39 is 86.8 Å². The molecule has 2 aliphatic rings. The van der Waals surface area contributed by atoms with Crippen LogP contribution in [-0.2, 0) is 23.7 Å². The Morgan fingerprint density at radius 3 is 1.51 bits per heavy atom. The van der Waals surface area contributed by atoms with Gasteiger partial charge in [-0.2, -0.15) is 0 Å². The first-order chi connectivity index (χ1) is 33.1. The third kappa shape index (κ3) is 27.0. The van der Waals surface area contributed by atoms with E-state index in [1.807, 2.05) is 6.08 Å². The monoisotopic (exact) mass is 968 g/mol. The highest BCUT2D eigenvalue weighted by Gasteiger charge is 2.51. The van der Waals surface area contributed by atoms with Crippen molar-refractivity contribution in [3.8, 4) is 0 Å². The fourth-order valence-corrected chi connectivity index (χ4v) is 8.59. The topological polar surface area (TPSA) is 228 Å². The highest BCUT2D eigenvalue weighted by atomic mass is 16.7. The smallest absolute Gasteiger partial charge is 0.220 e. The maximum atomic E-state index is 13.1. The van der Waals surface area contributed by atoms with Crippen LogP contribution in [0.15, 0.2) is 48.6 Å². The lowest BCUT2D eigenvalue weighted by molar-refractivity contribution is -0.359. The second kappa shape index (κ2) is 40.5. The molecule has 0 aromatic rings. The lowest BCUT2D eigenvalue weighted by Gasteiger charge is -2.46. The number of carbonyl (C=O) groups is 1. The Morgan fingerprint density at radius 1 is 0.529 bits per heavy atom. The van der Waals surface area contributed by atoms with Gasteiger partial charge in [-0.3, -0.25) is 4.79 Å². The molecule has 0 aromatic carbocycles. The van der Waals surface area contributed by atoms with Gasteiger partial charge in [0, 0.05) is 6.42 Å². The predicted octanol–water partition coefficient (Wildman–Crippen LogP) is 7.66. The summed E-state index contributed by atoms with van der Waals surface area (Å²) in [4.78, 5) is 13.1. The van der Waals surface area contributed by atoms with E-state index in [2.05, 4.69) is 55.6 Å². The maximum Gasteiger partial charge on any atom is 0.220 e. The van der Waals surface area contributed by atoms with Crippen LogP contribution in [0, 0.1) is 0 Å². The molecule has 0 aromatic heterocycles. The number of unbranched alkanes of at least 4 members (excludes halogenated alkanes) is 22. The van der Waals surface area contributed by atoms with Crippen molar-refractivity contribution in [2.45, 2.75) is 267 Å². The standard InChI is InChI=1S/C54H97NO13/c1-3-5-7-9-10-11-12-13-14-15-16-17-18-19-20-21-22-23-24-25-26-27-28-29-30-31-32-34-36-38-46(59)55-42(43(58)37-35-33-8-6-4-2)41-65-53-51(64)49(62)52(45(40-57)67-53)68-54-50(63)48(61)47(60)44(39-56)66-54/h12-13,15-16,18-19,35,37,42-45,47-54,56-58,60-64H,3-11,14,17,20-34,36,38-41H2,1-2H3,(H,55,59)/b13-12-,16-15-,19-18-,37-35+. The number of ether oxygens (including phenoxy) is 4. The summed E-state index contributed by atoms with van der Waals surface area (Å²) in [6, 6.07) is -0.911. The van der Waals surface area contributed by atoms with Crippen LogP contribution in [0.2, 0.25) is 0 Å². The maximum absolute atomic E-state index is 13.1. The van der Waals surface area contributed by atoms with Gasteiger partial charge in [0.2, 0.25) is 5.91 Å². The van der Waals surface area contributed by atoms with Crippen LogP contribution in [0.1, 0.15) is 194 Å². The summed E-state index contributed by atoms with van der Waals surface area (Å²) in [5, 5.41) is 86.2. The van der Waals surface area contributed by atoms with Gasteiger partial charge in [-0.15, -0.1) is 0 Å². The first-order valence-electron chi connectivity index (χ1n) is 26.9. The van der Waals surface area contributed by atoms with Crippen molar-refractivity contribution in [2.75, 3.05) is 19.8 Å². The first-order valence-corrected chi connectivity index (χ1v) is 26.9. The minimum Gasteiger partial charge on any atom is -0.394 e. The van der Waals surface area contributed by atoms with Crippen LogP contribution in [0.4, 0.5) is 0 Å². The van der Waals surface area contributed by atoms with Crippen LogP contribution < -0.4 is 5.32 Å². The van der Waals surface area contributed by atoms with E-state index in [4.69, 9.17) is 18.9 Å². The summed E-state index contributed by atoms with van der Waals surface area (Å²) in [5.74, 6) is -0.249. The van der Waals surface area contributed by atoms with Crippen LogP contribution in [0.5, 0.6) is 0 Å². The molecule has 0 bridgehead atoms. The Labute approximate surface area is 410 Å². The molecular weight excluding hydrogens is 871 g/mol. The van der Waals surface area contributed by atoms with E-state index >= 15 is 0 Å². The van der Waals surface area contributed by atoms with Gasteiger partial charge in [0.05, 0.1) is 32.0 Å². The van der Waals surface area contributed by atoms with E-state index in [0.29, 0.717) is 6.42 Å².